The van der Waals surface area contributed by atoms with Crippen molar-refractivity contribution in [1.29, 1.82) is 0 Å². The van der Waals surface area contributed by atoms with Gasteiger partial charge in [-0.2, -0.15) is 0 Å². The van der Waals surface area contributed by atoms with Crippen molar-refractivity contribution in [2.24, 2.45) is 5.92 Å². The number of nitrogens with one attached hydrogen (secondary N) is 1. The van der Waals surface area contributed by atoms with E-state index in [2.05, 4.69) is 10.3 Å². The second-order valence-corrected chi connectivity index (χ2v) is 3.26. The Morgan fingerprint density at radius 1 is 1.54 bits per heavy atom. The number of hydrogen-bond acceptors (Lipinski definition) is 2. The van der Waals surface area contributed by atoms with Crippen LogP contribution in [0.5, 0.6) is 0 Å². The molecule has 0 saturated heterocycles. The third-order valence-electron chi connectivity index (χ3n) is 2.15. The van der Waals surface area contributed by atoms with Crippen LogP contribution >= 0.6 is 0 Å². The molecule has 1 aliphatic rings. The Hall–Kier alpha value is -1.19. The van der Waals surface area contributed by atoms with Gasteiger partial charge >= 0.3 is 0 Å². The second-order valence-electron chi connectivity index (χ2n) is 3.26. The molecule has 0 aromatic carbocycles. The average molecular weight is 184 g/mol. The first kappa shape index (κ1) is 8.41. The highest BCUT2D eigenvalue weighted by Gasteiger charge is 2.56. The van der Waals surface area contributed by atoms with E-state index in [1.165, 1.54) is 0 Å². The molecule has 70 valence electrons. The molecule has 1 saturated carbocycles. The zero-order valence-electron chi connectivity index (χ0n) is 7.00. The van der Waals surface area contributed by atoms with Crippen molar-refractivity contribution in [2.45, 2.75) is 12.3 Å². The highest BCUT2D eigenvalue weighted by Crippen LogP contribution is 2.48. The third-order valence-corrected chi connectivity index (χ3v) is 2.15. The summed E-state index contributed by atoms with van der Waals surface area (Å²) in [4.78, 5) is 3.97. The Kier molecular flexibility index (Phi) is 1.90. The van der Waals surface area contributed by atoms with Crippen LogP contribution in [0.3, 0.4) is 0 Å². The lowest BCUT2D eigenvalue weighted by atomic mass is 10.4. The van der Waals surface area contributed by atoms with Crippen LogP contribution in [-0.4, -0.2) is 17.5 Å². The molecule has 0 spiro atoms. The molecule has 2 rings (SSSR count). The first-order chi connectivity index (χ1) is 6.18. The van der Waals surface area contributed by atoms with E-state index in [4.69, 9.17) is 0 Å². The Morgan fingerprint density at radius 2 is 2.31 bits per heavy atom. The van der Waals surface area contributed by atoms with Crippen LogP contribution in [0.15, 0.2) is 24.4 Å². The summed E-state index contributed by atoms with van der Waals surface area (Å²) >= 11 is 0. The zero-order valence-corrected chi connectivity index (χ0v) is 7.00. The summed E-state index contributed by atoms with van der Waals surface area (Å²) in [6, 6.07) is 5.37. The van der Waals surface area contributed by atoms with Crippen LogP contribution in [-0.2, 0) is 0 Å². The van der Waals surface area contributed by atoms with E-state index in [1.54, 1.807) is 18.3 Å². The maximum absolute atomic E-state index is 12.4. The second kappa shape index (κ2) is 2.94. The Labute approximate surface area is 75.0 Å². The molecule has 0 aliphatic heterocycles. The number of rotatable bonds is 3. The predicted molar refractivity (Wildman–Crippen MR) is 45.8 cm³/mol. The fraction of sp³-hybridized carbons (Fsp3) is 0.444. The normalized spacial score (nSPS) is 24.0. The zero-order chi connectivity index (χ0) is 9.31. The lowest BCUT2D eigenvalue weighted by molar-refractivity contribution is 0.101. The van der Waals surface area contributed by atoms with Crippen molar-refractivity contribution in [3.05, 3.63) is 24.4 Å². The van der Waals surface area contributed by atoms with E-state index in [9.17, 15) is 8.78 Å². The predicted octanol–water partition coefficient (Wildman–Crippen LogP) is 2.15. The molecule has 1 atom stereocenters. The first-order valence-electron chi connectivity index (χ1n) is 4.21. The molecular weight excluding hydrogens is 174 g/mol. The number of anilines is 1. The van der Waals surface area contributed by atoms with Gasteiger partial charge in [0.05, 0.1) is 0 Å². The van der Waals surface area contributed by atoms with E-state index in [-0.39, 0.29) is 6.42 Å². The monoisotopic (exact) mass is 184 g/mol. The Balaban J connectivity index is 1.82. The standard InChI is InChI=1S/C9H10F2N2/c10-9(11)5-7(9)6-13-8-3-1-2-4-12-8/h1-4,7H,5-6H2,(H,12,13). The number of alkyl halides is 2. The van der Waals surface area contributed by atoms with Crippen LogP contribution in [0, 0.1) is 5.92 Å². The molecule has 0 radical (unpaired) electrons. The van der Waals surface area contributed by atoms with E-state index < -0.39 is 11.8 Å². The number of pyridine rings is 1. The van der Waals surface area contributed by atoms with Crippen LogP contribution in [0.1, 0.15) is 6.42 Å². The van der Waals surface area contributed by atoms with Gasteiger partial charge in [0.25, 0.3) is 5.92 Å². The largest absolute Gasteiger partial charge is 0.370 e. The van der Waals surface area contributed by atoms with Gasteiger partial charge in [0.2, 0.25) is 0 Å². The van der Waals surface area contributed by atoms with Crippen molar-refractivity contribution >= 4 is 5.82 Å². The molecule has 1 aromatic rings. The minimum absolute atomic E-state index is 0.00678. The summed E-state index contributed by atoms with van der Waals surface area (Å²) in [6.07, 6.45) is 1.64. The number of halogens is 2. The van der Waals surface area contributed by atoms with Gasteiger partial charge in [0, 0.05) is 25.1 Å². The number of aromatic nitrogens is 1. The molecule has 1 aliphatic carbocycles. The van der Waals surface area contributed by atoms with Crippen molar-refractivity contribution in [2.75, 3.05) is 11.9 Å². The van der Waals surface area contributed by atoms with Gasteiger partial charge in [-0.25, -0.2) is 13.8 Å². The van der Waals surface area contributed by atoms with Crippen molar-refractivity contribution in [3.63, 3.8) is 0 Å². The fourth-order valence-electron chi connectivity index (χ4n) is 1.19. The van der Waals surface area contributed by atoms with Gasteiger partial charge in [-0.15, -0.1) is 0 Å². The first-order valence-corrected chi connectivity index (χ1v) is 4.21. The molecule has 1 N–H and O–H groups in total. The highest BCUT2D eigenvalue weighted by atomic mass is 19.3. The van der Waals surface area contributed by atoms with Crippen molar-refractivity contribution < 1.29 is 8.78 Å². The Morgan fingerprint density at radius 3 is 2.85 bits per heavy atom. The van der Waals surface area contributed by atoms with Crippen molar-refractivity contribution in [1.82, 2.24) is 4.98 Å². The lowest BCUT2D eigenvalue weighted by Gasteiger charge is -2.02. The lowest BCUT2D eigenvalue weighted by Crippen LogP contribution is -2.09. The molecule has 1 unspecified atom stereocenters. The minimum Gasteiger partial charge on any atom is -0.370 e. The van der Waals surface area contributed by atoms with Crippen LogP contribution in [0.2, 0.25) is 0 Å². The van der Waals surface area contributed by atoms with Crippen LogP contribution in [0.25, 0.3) is 0 Å². The number of nitrogens with zero attached hydrogens (tertiary/aromatic N) is 1. The maximum atomic E-state index is 12.4. The van der Waals surface area contributed by atoms with Gasteiger partial charge < -0.3 is 5.32 Å². The summed E-state index contributed by atoms with van der Waals surface area (Å²) in [6.45, 7) is 0.310. The molecule has 0 amide bonds. The smallest absolute Gasteiger partial charge is 0.253 e. The minimum atomic E-state index is -2.44. The van der Waals surface area contributed by atoms with Crippen LogP contribution < -0.4 is 5.32 Å². The molecule has 1 aromatic heterocycles. The highest BCUT2D eigenvalue weighted by molar-refractivity contribution is 5.33. The van der Waals surface area contributed by atoms with E-state index >= 15 is 0 Å². The summed E-state index contributed by atoms with van der Waals surface area (Å²) in [5.74, 6) is -2.29. The molecule has 2 nitrogen and oxygen atoms in total. The summed E-state index contributed by atoms with van der Waals surface area (Å²) < 4.78 is 24.9. The quantitative estimate of drug-likeness (QED) is 0.778. The molecule has 1 heterocycles. The summed E-state index contributed by atoms with van der Waals surface area (Å²) in [5, 5.41) is 2.87. The molecule has 13 heavy (non-hydrogen) atoms. The van der Waals surface area contributed by atoms with E-state index in [0.717, 1.165) is 0 Å². The van der Waals surface area contributed by atoms with E-state index in [0.29, 0.717) is 12.4 Å². The van der Waals surface area contributed by atoms with Gasteiger partial charge in [0.1, 0.15) is 5.82 Å². The average Bonchev–Trinajstić information content (AvgIpc) is 2.73. The topological polar surface area (TPSA) is 24.9 Å². The summed E-state index contributed by atoms with van der Waals surface area (Å²) in [7, 11) is 0. The molecule has 4 heteroatoms. The van der Waals surface area contributed by atoms with Crippen LogP contribution in [0.4, 0.5) is 14.6 Å². The third kappa shape index (κ3) is 1.94. The van der Waals surface area contributed by atoms with Gasteiger partial charge in [-0.05, 0) is 12.1 Å². The SMILES string of the molecule is FC1(F)CC1CNc1ccccn1. The van der Waals surface area contributed by atoms with Gasteiger partial charge in [-0.1, -0.05) is 6.07 Å². The maximum Gasteiger partial charge on any atom is 0.253 e. The van der Waals surface area contributed by atoms with Crippen molar-refractivity contribution in [3.8, 4) is 0 Å². The van der Waals surface area contributed by atoms with Gasteiger partial charge in [0.15, 0.2) is 0 Å². The Bertz CT molecular complexity index is 287. The molecule has 0 bridgehead atoms. The number of hydrogen-bond donors (Lipinski definition) is 1. The molecule has 1 fully saturated rings. The fourth-order valence-corrected chi connectivity index (χ4v) is 1.19. The van der Waals surface area contributed by atoms with Gasteiger partial charge in [-0.3, -0.25) is 0 Å². The summed E-state index contributed by atoms with van der Waals surface area (Å²) in [5.41, 5.74) is 0. The molecular formula is C9H10F2N2. The van der Waals surface area contributed by atoms with E-state index in [1.807, 2.05) is 6.07 Å².